The number of benzene rings is 2. The summed E-state index contributed by atoms with van der Waals surface area (Å²) in [5.41, 5.74) is 2.28. The second-order valence-corrected chi connectivity index (χ2v) is 7.08. The number of nitrogens with zero attached hydrogens (tertiary/aromatic N) is 2. The Bertz CT molecular complexity index is 732. The van der Waals surface area contributed by atoms with Gasteiger partial charge in [-0.15, -0.1) is 0 Å². The van der Waals surface area contributed by atoms with Crippen LogP contribution in [0.4, 0.5) is 4.79 Å². The number of ether oxygens (including phenoxy) is 2. The number of carbonyl (C=O) groups excluding carboxylic acids is 1. The maximum absolute atomic E-state index is 12.7. The van der Waals surface area contributed by atoms with E-state index in [0.717, 1.165) is 50.4 Å². The Kier molecular flexibility index (Phi) is 5.70. The predicted molar refractivity (Wildman–Crippen MR) is 103 cm³/mol. The molecule has 2 aliphatic rings. The Hall–Kier alpha value is -2.37. The van der Waals surface area contributed by atoms with Gasteiger partial charge >= 0.3 is 6.09 Å². The van der Waals surface area contributed by atoms with E-state index in [4.69, 9.17) is 9.47 Å². The van der Waals surface area contributed by atoms with E-state index < -0.39 is 0 Å². The Balaban J connectivity index is 1.59. The van der Waals surface area contributed by atoms with Crippen LogP contribution in [0.1, 0.15) is 29.6 Å². The molecule has 0 aliphatic carbocycles. The van der Waals surface area contributed by atoms with Crippen molar-refractivity contribution in [1.82, 2.24) is 9.80 Å². The average Bonchev–Trinajstić information content (AvgIpc) is 3.12. The molecule has 1 amide bonds. The van der Waals surface area contributed by atoms with Gasteiger partial charge in [0.1, 0.15) is 6.61 Å². The first kappa shape index (κ1) is 18.0. The first-order valence-corrected chi connectivity index (χ1v) is 9.68. The Morgan fingerprint density at radius 3 is 2.33 bits per heavy atom. The van der Waals surface area contributed by atoms with Gasteiger partial charge in [0, 0.05) is 19.6 Å². The maximum atomic E-state index is 12.7. The molecular weight excluding hydrogens is 340 g/mol. The van der Waals surface area contributed by atoms with Gasteiger partial charge < -0.3 is 9.47 Å². The highest BCUT2D eigenvalue weighted by Crippen LogP contribution is 2.37. The van der Waals surface area contributed by atoms with Crippen LogP contribution in [0.5, 0.6) is 0 Å². The standard InChI is InChI=1S/C22H26N2O3/c25-22-24(21(17-27-22)19-9-5-2-6-10-19)20(18-7-3-1-4-8-18)11-12-23-13-15-26-16-14-23/h1-10,20-21H,11-17H2. The summed E-state index contributed by atoms with van der Waals surface area (Å²) in [5.74, 6) is 0. The van der Waals surface area contributed by atoms with E-state index in [1.54, 1.807) is 0 Å². The molecule has 0 saturated carbocycles. The van der Waals surface area contributed by atoms with E-state index in [1.807, 2.05) is 41.3 Å². The fourth-order valence-corrected chi connectivity index (χ4v) is 3.98. The van der Waals surface area contributed by atoms with Gasteiger partial charge in [-0.1, -0.05) is 60.7 Å². The Morgan fingerprint density at radius 1 is 0.963 bits per heavy atom. The van der Waals surface area contributed by atoms with Gasteiger partial charge in [-0.2, -0.15) is 0 Å². The third-order valence-corrected chi connectivity index (χ3v) is 5.44. The monoisotopic (exact) mass is 366 g/mol. The highest BCUT2D eigenvalue weighted by Gasteiger charge is 2.39. The van der Waals surface area contributed by atoms with E-state index >= 15 is 0 Å². The van der Waals surface area contributed by atoms with E-state index in [0.29, 0.717) is 6.61 Å². The number of rotatable bonds is 6. The summed E-state index contributed by atoms with van der Waals surface area (Å²) in [6, 6.07) is 20.4. The second kappa shape index (κ2) is 8.55. The molecule has 0 aromatic heterocycles. The summed E-state index contributed by atoms with van der Waals surface area (Å²) in [7, 11) is 0. The van der Waals surface area contributed by atoms with E-state index in [2.05, 4.69) is 29.2 Å². The summed E-state index contributed by atoms with van der Waals surface area (Å²) in [4.78, 5) is 17.0. The van der Waals surface area contributed by atoms with Gasteiger partial charge in [-0.3, -0.25) is 9.80 Å². The van der Waals surface area contributed by atoms with E-state index in [-0.39, 0.29) is 18.2 Å². The van der Waals surface area contributed by atoms with Crippen LogP contribution in [0, 0.1) is 0 Å². The number of hydrogen-bond donors (Lipinski definition) is 0. The van der Waals surface area contributed by atoms with Crippen molar-refractivity contribution in [1.29, 1.82) is 0 Å². The number of amides is 1. The van der Waals surface area contributed by atoms with Crippen molar-refractivity contribution in [3.63, 3.8) is 0 Å². The normalized spacial score (nSPS) is 21.9. The molecule has 0 bridgehead atoms. The molecular formula is C22H26N2O3. The lowest BCUT2D eigenvalue weighted by Gasteiger charge is -2.34. The molecule has 2 aromatic carbocycles. The smallest absolute Gasteiger partial charge is 0.411 e. The number of morpholine rings is 1. The van der Waals surface area contributed by atoms with Gasteiger partial charge in [0.05, 0.1) is 25.3 Å². The van der Waals surface area contributed by atoms with Gasteiger partial charge in [-0.05, 0) is 17.5 Å². The van der Waals surface area contributed by atoms with Crippen molar-refractivity contribution in [3.8, 4) is 0 Å². The molecule has 2 saturated heterocycles. The fourth-order valence-electron chi connectivity index (χ4n) is 3.98. The molecule has 0 spiro atoms. The molecule has 2 fully saturated rings. The minimum atomic E-state index is -0.223. The molecule has 5 heteroatoms. The molecule has 2 heterocycles. The van der Waals surface area contributed by atoms with Crippen LogP contribution in [0.25, 0.3) is 0 Å². The number of carbonyl (C=O) groups is 1. The molecule has 0 radical (unpaired) electrons. The summed E-state index contributed by atoms with van der Waals surface area (Å²) >= 11 is 0. The third kappa shape index (κ3) is 4.15. The van der Waals surface area contributed by atoms with Crippen LogP contribution in [-0.4, -0.2) is 55.3 Å². The molecule has 0 N–H and O–H groups in total. The van der Waals surface area contributed by atoms with Crippen molar-refractivity contribution in [2.24, 2.45) is 0 Å². The quantitative estimate of drug-likeness (QED) is 0.783. The van der Waals surface area contributed by atoms with Gasteiger partial charge in [0.25, 0.3) is 0 Å². The Labute approximate surface area is 160 Å². The minimum absolute atomic E-state index is 0.00532. The van der Waals surface area contributed by atoms with Crippen LogP contribution in [0.2, 0.25) is 0 Å². The summed E-state index contributed by atoms with van der Waals surface area (Å²) in [6.45, 7) is 4.82. The lowest BCUT2D eigenvalue weighted by molar-refractivity contribution is 0.0333. The van der Waals surface area contributed by atoms with Crippen LogP contribution >= 0.6 is 0 Å². The highest BCUT2D eigenvalue weighted by atomic mass is 16.6. The topological polar surface area (TPSA) is 42.0 Å². The minimum Gasteiger partial charge on any atom is -0.447 e. The van der Waals surface area contributed by atoms with Crippen LogP contribution < -0.4 is 0 Å². The third-order valence-electron chi connectivity index (χ3n) is 5.44. The van der Waals surface area contributed by atoms with Crippen LogP contribution in [0.15, 0.2) is 60.7 Å². The molecule has 4 rings (SSSR count). The second-order valence-electron chi connectivity index (χ2n) is 7.08. The first-order chi connectivity index (χ1) is 13.3. The van der Waals surface area contributed by atoms with Crippen molar-refractivity contribution in [2.45, 2.75) is 18.5 Å². The molecule has 5 nitrogen and oxygen atoms in total. The van der Waals surface area contributed by atoms with Gasteiger partial charge in [0.15, 0.2) is 0 Å². The Morgan fingerprint density at radius 2 is 1.63 bits per heavy atom. The zero-order valence-corrected chi connectivity index (χ0v) is 15.5. The molecule has 2 unspecified atom stereocenters. The largest absolute Gasteiger partial charge is 0.447 e. The SMILES string of the molecule is O=C1OCC(c2ccccc2)N1C(CCN1CCOCC1)c1ccccc1. The van der Waals surface area contributed by atoms with Crippen LogP contribution in [0.3, 0.4) is 0 Å². The molecule has 2 atom stereocenters. The first-order valence-electron chi connectivity index (χ1n) is 9.68. The summed E-state index contributed by atoms with van der Waals surface area (Å²) < 4.78 is 10.9. The lowest BCUT2D eigenvalue weighted by atomic mass is 9.98. The fraction of sp³-hybridized carbons (Fsp3) is 0.409. The molecule has 27 heavy (non-hydrogen) atoms. The van der Waals surface area contributed by atoms with Gasteiger partial charge in [0.2, 0.25) is 0 Å². The summed E-state index contributed by atoms with van der Waals surface area (Å²) in [5, 5.41) is 0. The van der Waals surface area contributed by atoms with Crippen molar-refractivity contribution in [2.75, 3.05) is 39.5 Å². The average molecular weight is 366 g/mol. The molecule has 2 aliphatic heterocycles. The van der Waals surface area contributed by atoms with Crippen molar-refractivity contribution >= 4 is 6.09 Å². The zero-order chi connectivity index (χ0) is 18.5. The molecule has 142 valence electrons. The zero-order valence-electron chi connectivity index (χ0n) is 15.5. The van der Waals surface area contributed by atoms with E-state index in [9.17, 15) is 4.79 Å². The number of cyclic esters (lactones) is 1. The van der Waals surface area contributed by atoms with Gasteiger partial charge in [-0.25, -0.2) is 4.79 Å². The highest BCUT2D eigenvalue weighted by molar-refractivity contribution is 5.71. The van der Waals surface area contributed by atoms with Crippen molar-refractivity contribution in [3.05, 3.63) is 71.8 Å². The van der Waals surface area contributed by atoms with Crippen molar-refractivity contribution < 1.29 is 14.3 Å². The number of hydrogen-bond acceptors (Lipinski definition) is 4. The maximum Gasteiger partial charge on any atom is 0.411 e. The predicted octanol–water partition coefficient (Wildman–Crippen LogP) is 3.64. The summed E-state index contributed by atoms with van der Waals surface area (Å²) in [6.07, 6.45) is 0.655. The van der Waals surface area contributed by atoms with E-state index in [1.165, 1.54) is 0 Å². The van der Waals surface area contributed by atoms with Crippen LogP contribution in [-0.2, 0) is 9.47 Å². The lowest BCUT2D eigenvalue weighted by Crippen LogP contribution is -2.39. The molecule has 2 aromatic rings.